The number of Topliss-reactive ketones (excluding diaryl/α,β-unsaturated/α-hetero) is 1. The van der Waals surface area contributed by atoms with Gasteiger partial charge in [-0.1, -0.05) is 54.9 Å². The lowest BCUT2D eigenvalue weighted by atomic mass is 9.94. The van der Waals surface area contributed by atoms with Crippen LogP contribution in [0.15, 0.2) is 72.3 Å². The first-order valence-electron chi connectivity index (χ1n) is 11.2. The van der Waals surface area contributed by atoms with E-state index in [1.54, 1.807) is 36.4 Å². The zero-order chi connectivity index (χ0) is 24.4. The van der Waals surface area contributed by atoms with Crippen molar-refractivity contribution in [1.29, 1.82) is 0 Å². The van der Waals surface area contributed by atoms with Gasteiger partial charge in [-0.3, -0.25) is 14.5 Å². The number of amides is 1. The molecule has 6 heteroatoms. The molecule has 0 aliphatic carbocycles. The Morgan fingerprint density at radius 2 is 1.74 bits per heavy atom. The Balaban J connectivity index is 1.89. The summed E-state index contributed by atoms with van der Waals surface area (Å²) < 4.78 is 5.73. The van der Waals surface area contributed by atoms with Crippen LogP contribution in [-0.2, 0) is 9.59 Å². The number of benzene rings is 3. The zero-order valence-corrected chi connectivity index (χ0v) is 20.1. The van der Waals surface area contributed by atoms with Crippen molar-refractivity contribution in [3.8, 4) is 5.75 Å². The molecule has 174 valence electrons. The topological polar surface area (TPSA) is 66.8 Å². The van der Waals surface area contributed by atoms with Gasteiger partial charge in [-0.25, -0.2) is 0 Å². The van der Waals surface area contributed by atoms with Crippen LogP contribution in [0, 0.1) is 13.8 Å². The number of anilines is 1. The molecule has 3 aromatic carbocycles. The maximum absolute atomic E-state index is 13.3. The van der Waals surface area contributed by atoms with Crippen molar-refractivity contribution in [2.24, 2.45) is 0 Å². The number of hydrogen-bond donors (Lipinski definition) is 1. The van der Waals surface area contributed by atoms with Gasteiger partial charge in [0.15, 0.2) is 0 Å². The van der Waals surface area contributed by atoms with E-state index in [0.29, 0.717) is 34.2 Å². The minimum absolute atomic E-state index is 0.0391. The number of carbonyl (C=O) groups excluding carboxylic acids is 2. The van der Waals surface area contributed by atoms with Gasteiger partial charge in [0.05, 0.1) is 18.2 Å². The lowest BCUT2D eigenvalue weighted by molar-refractivity contribution is -0.132. The summed E-state index contributed by atoms with van der Waals surface area (Å²) in [5, 5.41) is 11.8. The molecule has 0 radical (unpaired) electrons. The second-order valence-electron chi connectivity index (χ2n) is 8.34. The molecule has 1 atom stereocenters. The second-order valence-corrected chi connectivity index (χ2v) is 8.78. The molecular weight excluding hydrogens is 450 g/mol. The summed E-state index contributed by atoms with van der Waals surface area (Å²) >= 11 is 6.24. The first-order chi connectivity index (χ1) is 16.3. The monoisotopic (exact) mass is 475 g/mol. The summed E-state index contributed by atoms with van der Waals surface area (Å²) in [6.07, 6.45) is 0.880. The molecule has 1 fully saturated rings. The summed E-state index contributed by atoms with van der Waals surface area (Å²) in [5.41, 5.74) is 3.35. The zero-order valence-electron chi connectivity index (χ0n) is 19.3. The van der Waals surface area contributed by atoms with Crippen molar-refractivity contribution >= 4 is 34.7 Å². The van der Waals surface area contributed by atoms with Crippen LogP contribution in [0.4, 0.5) is 5.69 Å². The predicted molar refractivity (Wildman–Crippen MR) is 134 cm³/mol. The van der Waals surface area contributed by atoms with Crippen LogP contribution in [0.3, 0.4) is 0 Å². The van der Waals surface area contributed by atoms with Gasteiger partial charge in [-0.2, -0.15) is 0 Å². The van der Waals surface area contributed by atoms with E-state index in [2.05, 4.69) is 0 Å². The Labute approximate surface area is 204 Å². The number of aryl methyl sites for hydroxylation is 2. The number of rotatable bonds is 6. The molecule has 1 aliphatic heterocycles. The fourth-order valence-electron chi connectivity index (χ4n) is 4.20. The highest BCUT2D eigenvalue weighted by Crippen LogP contribution is 2.43. The summed E-state index contributed by atoms with van der Waals surface area (Å²) in [5.74, 6) is -0.956. The average Bonchev–Trinajstić information content (AvgIpc) is 3.10. The second kappa shape index (κ2) is 9.74. The quantitative estimate of drug-likeness (QED) is 0.255. The lowest BCUT2D eigenvalue weighted by Crippen LogP contribution is -2.30. The molecule has 0 saturated carbocycles. The number of ether oxygens (including phenoxy) is 1. The minimum Gasteiger partial charge on any atom is -0.507 e. The highest BCUT2D eigenvalue weighted by atomic mass is 35.5. The number of nitrogens with zero attached hydrogens (tertiary/aromatic N) is 1. The Hall–Kier alpha value is -3.57. The summed E-state index contributed by atoms with van der Waals surface area (Å²) in [4.78, 5) is 28.0. The third-order valence-electron chi connectivity index (χ3n) is 5.90. The molecule has 0 aromatic heterocycles. The summed E-state index contributed by atoms with van der Waals surface area (Å²) in [6.45, 7) is 6.35. The lowest BCUT2D eigenvalue weighted by Gasteiger charge is -2.27. The van der Waals surface area contributed by atoms with E-state index < -0.39 is 17.7 Å². The van der Waals surface area contributed by atoms with Crippen LogP contribution in [-0.4, -0.2) is 23.4 Å². The fourth-order valence-corrected chi connectivity index (χ4v) is 4.37. The number of carbonyl (C=O) groups is 2. The van der Waals surface area contributed by atoms with E-state index in [9.17, 15) is 14.7 Å². The van der Waals surface area contributed by atoms with Crippen LogP contribution < -0.4 is 9.64 Å². The Bertz CT molecular complexity index is 1280. The molecule has 1 saturated heterocycles. The SMILES string of the molecule is CCCOc1ccc(/C(O)=C2\C(=O)C(=O)N(c3cc(Cl)ccc3C)C2c2ccccc2)cc1C. The molecule has 1 aliphatic rings. The predicted octanol–water partition coefficient (Wildman–Crippen LogP) is 6.37. The molecule has 1 amide bonds. The van der Waals surface area contributed by atoms with Gasteiger partial charge >= 0.3 is 0 Å². The summed E-state index contributed by atoms with van der Waals surface area (Å²) in [7, 11) is 0. The first kappa shape index (κ1) is 23.6. The number of aliphatic hydroxyl groups excluding tert-OH is 1. The highest BCUT2D eigenvalue weighted by Gasteiger charge is 2.47. The van der Waals surface area contributed by atoms with Crippen LogP contribution in [0.2, 0.25) is 5.02 Å². The van der Waals surface area contributed by atoms with Gasteiger partial charge in [-0.05, 0) is 67.3 Å². The minimum atomic E-state index is -0.797. The molecule has 0 bridgehead atoms. The van der Waals surface area contributed by atoms with Crippen molar-refractivity contribution in [3.63, 3.8) is 0 Å². The molecule has 4 rings (SSSR count). The van der Waals surface area contributed by atoms with E-state index in [4.69, 9.17) is 16.3 Å². The van der Waals surface area contributed by atoms with Gasteiger partial charge in [0.1, 0.15) is 11.5 Å². The van der Waals surface area contributed by atoms with Crippen LogP contribution in [0.1, 0.15) is 41.6 Å². The smallest absolute Gasteiger partial charge is 0.300 e. The molecule has 1 unspecified atom stereocenters. The van der Waals surface area contributed by atoms with E-state index in [1.807, 2.05) is 51.1 Å². The number of aliphatic hydroxyl groups is 1. The highest BCUT2D eigenvalue weighted by molar-refractivity contribution is 6.52. The third kappa shape index (κ3) is 4.31. The molecule has 3 aromatic rings. The van der Waals surface area contributed by atoms with Gasteiger partial charge in [-0.15, -0.1) is 0 Å². The molecule has 34 heavy (non-hydrogen) atoms. The van der Waals surface area contributed by atoms with Crippen molar-refractivity contribution < 1.29 is 19.4 Å². The van der Waals surface area contributed by atoms with Crippen molar-refractivity contribution in [1.82, 2.24) is 0 Å². The average molecular weight is 476 g/mol. The normalized spacial score (nSPS) is 17.3. The Kier molecular flexibility index (Phi) is 6.75. The standard InChI is InChI=1S/C28H26ClNO4/c1-4-14-34-23-13-11-20(15-18(23)3)26(31)24-25(19-8-6-5-7-9-19)30(28(33)27(24)32)22-16-21(29)12-10-17(22)2/h5-13,15-16,25,31H,4,14H2,1-3H3/b26-24+. The van der Waals surface area contributed by atoms with Gasteiger partial charge in [0, 0.05) is 16.3 Å². The number of ketones is 1. The molecule has 0 spiro atoms. The van der Waals surface area contributed by atoms with Gasteiger partial charge < -0.3 is 9.84 Å². The van der Waals surface area contributed by atoms with Gasteiger partial charge in [0.2, 0.25) is 0 Å². The van der Waals surface area contributed by atoms with Crippen molar-refractivity contribution in [2.45, 2.75) is 33.2 Å². The number of hydrogen-bond acceptors (Lipinski definition) is 4. The van der Waals surface area contributed by atoms with Crippen molar-refractivity contribution in [3.05, 3.63) is 99.6 Å². The van der Waals surface area contributed by atoms with E-state index >= 15 is 0 Å². The molecule has 5 nitrogen and oxygen atoms in total. The van der Waals surface area contributed by atoms with Gasteiger partial charge in [0.25, 0.3) is 11.7 Å². The van der Waals surface area contributed by atoms with Crippen LogP contribution in [0.5, 0.6) is 5.75 Å². The first-order valence-corrected chi connectivity index (χ1v) is 11.6. The van der Waals surface area contributed by atoms with E-state index in [0.717, 1.165) is 17.5 Å². The third-order valence-corrected chi connectivity index (χ3v) is 6.14. The maximum atomic E-state index is 13.3. The van der Waals surface area contributed by atoms with Crippen LogP contribution in [0.25, 0.3) is 5.76 Å². The fraction of sp³-hybridized carbons (Fsp3) is 0.214. The molecular formula is C28H26ClNO4. The van der Waals surface area contributed by atoms with Crippen molar-refractivity contribution in [2.75, 3.05) is 11.5 Å². The molecule has 1 heterocycles. The Morgan fingerprint density at radius 1 is 1.00 bits per heavy atom. The number of halogens is 1. The Morgan fingerprint density at radius 3 is 2.41 bits per heavy atom. The largest absolute Gasteiger partial charge is 0.507 e. The van der Waals surface area contributed by atoms with E-state index in [1.165, 1.54) is 4.90 Å². The summed E-state index contributed by atoms with van der Waals surface area (Å²) in [6, 6.07) is 18.9. The van der Waals surface area contributed by atoms with E-state index in [-0.39, 0.29) is 11.3 Å². The molecule has 1 N–H and O–H groups in total. The maximum Gasteiger partial charge on any atom is 0.300 e. The van der Waals surface area contributed by atoms with Crippen LogP contribution >= 0.6 is 11.6 Å².